The van der Waals surface area contributed by atoms with Gasteiger partial charge in [0.05, 0.1) is 0 Å². The molecule has 1 aromatic rings. The molecule has 0 aliphatic heterocycles. The lowest BCUT2D eigenvalue weighted by molar-refractivity contribution is -0.00806. The van der Waals surface area contributed by atoms with E-state index in [1.807, 2.05) is 10.8 Å². The molecule has 2 rings (SSSR count). The molecule has 0 amide bonds. The zero-order valence-corrected chi connectivity index (χ0v) is 12.0. The van der Waals surface area contributed by atoms with Gasteiger partial charge in [-0.3, -0.25) is 4.79 Å². The van der Waals surface area contributed by atoms with Gasteiger partial charge in [-0.25, -0.2) is 4.98 Å². The van der Waals surface area contributed by atoms with Crippen molar-refractivity contribution >= 4 is 5.78 Å². The molecule has 0 unspecified atom stereocenters. The number of ketones is 1. The molecule has 0 radical (unpaired) electrons. The van der Waals surface area contributed by atoms with Crippen molar-refractivity contribution in [2.75, 3.05) is 7.11 Å². The lowest BCUT2D eigenvalue weighted by Gasteiger charge is -2.29. The number of carbonyl (C=O) groups excluding carboxylic acids is 1. The monoisotopic (exact) mass is 264 g/mol. The van der Waals surface area contributed by atoms with Crippen LogP contribution in [0.3, 0.4) is 0 Å². The highest BCUT2D eigenvalue weighted by Crippen LogP contribution is 2.32. The van der Waals surface area contributed by atoms with Gasteiger partial charge in [0.15, 0.2) is 5.82 Å². The molecule has 1 aliphatic rings. The first kappa shape index (κ1) is 14.3. The second kappa shape index (κ2) is 6.33. The molecule has 1 aromatic heterocycles. The van der Waals surface area contributed by atoms with Crippen LogP contribution in [-0.4, -0.2) is 28.0 Å². The fraction of sp³-hybridized carbons (Fsp3) is 0.733. The van der Waals surface area contributed by atoms with Crippen molar-refractivity contribution in [2.45, 2.75) is 64.0 Å². The number of ether oxygens (including phenoxy) is 1. The summed E-state index contributed by atoms with van der Waals surface area (Å²) >= 11 is 0. The summed E-state index contributed by atoms with van der Waals surface area (Å²) in [5, 5.41) is 0. The summed E-state index contributed by atoms with van der Waals surface area (Å²) < 4.78 is 7.63. The molecular weight excluding hydrogens is 240 g/mol. The normalized spacial score (nSPS) is 19.1. The number of imidazole rings is 1. The Morgan fingerprint density at radius 2 is 2.05 bits per heavy atom. The molecule has 1 saturated carbocycles. The number of Topliss-reactive ketones (excluding diaryl/α,β-unsaturated/α-hetero) is 1. The lowest BCUT2D eigenvalue weighted by atomic mass is 9.89. The maximum absolute atomic E-state index is 12.9. The predicted molar refractivity (Wildman–Crippen MR) is 74.3 cm³/mol. The molecule has 19 heavy (non-hydrogen) atoms. The quantitative estimate of drug-likeness (QED) is 0.606. The van der Waals surface area contributed by atoms with Crippen molar-refractivity contribution in [2.24, 2.45) is 0 Å². The number of carbonyl (C=O) groups is 1. The van der Waals surface area contributed by atoms with Gasteiger partial charge in [0, 0.05) is 26.0 Å². The zero-order chi connectivity index (χ0) is 13.7. The van der Waals surface area contributed by atoms with Crippen molar-refractivity contribution in [1.82, 2.24) is 9.55 Å². The number of hydrogen-bond acceptors (Lipinski definition) is 3. The smallest absolute Gasteiger partial charge is 0.229 e. The molecule has 0 N–H and O–H groups in total. The van der Waals surface area contributed by atoms with Crippen LogP contribution < -0.4 is 0 Å². The second-order valence-corrected chi connectivity index (χ2v) is 5.39. The van der Waals surface area contributed by atoms with Crippen LogP contribution in [0.4, 0.5) is 0 Å². The maximum Gasteiger partial charge on any atom is 0.229 e. The summed E-state index contributed by atoms with van der Waals surface area (Å²) in [7, 11) is 1.66. The maximum atomic E-state index is 12.9. The Hall–Kier alpha value is -1.16. The van der Waals surface area contributed by atoms with Gasteiger partial charge in [0.2, 0.25) is 5.78 Å². The van der Waals surface area contributed by atoms with E-state index in [0.717, 1.165) is 38.6 Å². The standard InChI is InChI=1S/C15H24N2O2/c1-3-11-17-12-10-16-14(17)13(18)15(19-2)8-6-4-5-7-9-15/h10,12H,3-9,11H2,1-2H3. The van der Waals surface area contributed by atoms with Crippen molar-refractivity contribution < 1.29 is 9.53 Å². The number of aromatic nitrogens is 2. The predicted octanol–water partition coefficient (Wildman–Crippen LogP) is 3.22. The fourth-order valence-electron chi connectivity index (χ4n) is 2.97. The van der Waals surface area contributed by atoms with Gasteiger partial charge in [-0.1, -0.05) is 32.6 Å². The van der Waals surface area contributed by atoms with Crippen LogP contribution in [0, 0.1) is 0 Å². The van der Waals surface area contributed by atoms with Crippen molar-refractivity contribution in [3.8, 4) is 0 Å². The first-order valence-electron chi connectivity index (χ1n) is 7.34. The second-order valence-electron chi connectivity index (χ2n) is 5.39. The summed E-state index contributed by atoms with van der Waals surface area (Å²) in [6, 6.07) is 0. The highest BCUT2D eigenvalue weighted by molar-refractivity contribution is 5.99. The minimum absolute atomic E-state index is 0.0651. The van der Waals surface area contributed by atoms with Crippen molar-refractivity contribution in [3.63, 3.8) is 0 Å². The van der Waals surface area contributed by atoms with Crippen LogP contribution in [-0.2, 0) is 11.3 Å². The van der Waals surface area contributed by atoms with Crippen LogP contribution in [0.25, 0.3) is 0 Å². The van der Waals surface area contributed by atoms with E-state index in [9.17, 15) is 4.79 Å². The van der Waals surface area contributed by atoms with Gasteiger partial charge in [0.1, 0.15) is 5.60 Å². The number of hydrogen-bond donors (Lipinski definition) is 0. The Morgan fingerprint density at radius 3 is 2.63 bits per heavy atom. The fourth-order valence-corrected chi connectivity index (χ4v) is 2.97. The molecule has 106 valence electrons. The molecule has 0 saturated heterocycles. The first-order valence-corrected chi connectivity index (χ1v) is 7.34. The average Bonchev–Trinajstić information content (AvgIpc) is 2.74. The van der Waals surface area contributed by atoms with E-state index in [4.69, 9.17) is 4.74 Å². The molecular formula is C15H24N2O2. The molecule has 0 bridgehead atoms. The van der Waals surface area contributed by atoms with E-state index in [0.29, 0.717) is 5.82 Å². The Morgan fingerprint density at radius 1 is 1.37 bits per heavy atom. The van der Waals surface area contributed by atoms with Crippen LogP contribution >= 0.6 is 0 Å². The molecule has 0 spiro atoms. The Kier molecular flexibility index (Phi) is 4.75. The van der Waals surface area contributed by atoms with Crippen molar-refractivity contribution in [1.29, 1.82) is 0 Å². The van der Waals surface area contributed by atoms with E-state index in [2.05, 4.69) is 11.9 Å². The van der Waals surface area contributed by atoms with E-state index in [1.165, 1.54) is 12.8 Å². The first-order chi connectivity index (χ1) is 9.23. The summed E-state index contributed by atoms with van der Waals surface area (Å²) in [4.78, 5) is 17.1. The van der Waals surface area contributed by atoms with Gasteiger partial charge < -0.3 is 9.30 Å². The van der Waals surface area contributed by atoms with Crippen LogP contribution in [0.1, 0.15) is 62.5 Å². The van der Waals surface area contributed by atoms with E-state index in [1.54, 1.807) is 13.3 Å². The molecule has 0 atom stereocenters. The average molecular weight is 264 g/mol. The minimum Gasteiger partial charge on any atom is -0.370 e. The third-order valence-electron chi connectivity index (χ3n) is 4.10. The summed E-state index contributed by atoms with van der Waals surface area (Å²) in [5.74, 6) is 0.626. The third kappa shape index (κ3) is 2.89. The zero-order valence-electron chi connectivity index (χ0n) is 12.0. The molecule has 4 heteroatoms. The van der Waals surface area contributed by atoms with E-state index in [-0.39, 0.29) is 5.78 Å². The topological polar surface area (TPSA) is 44.1 Å². The summed E-state index contributed by atoms with van der Waals surface area (Å²) in [6.45, 7) is 2.94. The van der Waals surface area contributed by atoms with E-state index < -0.39 is 5.60 Å². The van der Waals surface area contributed by atoms with Gasteiger partial charge in [0.25, 0.3) is 0 Å². The summed E-state index contributed by atoms with van der Waals surface area (Å²) in [6.07, 6.45) is 10.8. The van der Waals surface area contributed by atoms with Crippen LogP contribution in [0.15, 0.2) is 12.4 Å². The number of aryl methyl sites for hydroxylation is 1. The SMILES string of the molecule is CCCn1ccnc1C(=O)C1(OC)CCCCCC1. The number of nitrogens with zero attached hydrogens (tertiary/aromatic N) is 2. The molecule has 4 nitrogen and oxygen atoms in total. The molecule has 1 aliphatic carbocycles. The number of methoxy groups -OCH3 is 1. The van der Waals surface area contributed by atoms with Crippen molar-refractivity contribution in [3.05, 3.63) is 18.2 Å². The Balaban J connectivity index is 2.26. The van der Waals surface area contributed by atoms with Gasteiger partial charge >= 0.3 is 0 Å². The largest absolute Gasteiger partial charge is 0.370 e. The Labute approximate surface area is 115 Å². The number of rotatable bonds is 5. The van der Waals surface area contributed by atoms with Crippen LogP contribution in [0.2, 0.25) is 0 Å². The van der Waals surface area contributed by atoms with Gasteiger partial charge in [-0.15, -0.1) is 0 Å². The Bertz CT molecular complexity index is 418. The van der Waals surface area contributed by atoms with E-state index >= 15 is 0 Å². The highest BCUT2D eigenvalue weighted by Gasteiger charge is 2.41. The minimum atomic E-state index is -0.645. The third-order valence-corrected chi connectivity index (χ3v) is 4.10. The van der Waals surface area contributed by atoms with Gasteiger partial charge in [-0.05, 0) is 19.3 Å². The van der Waals surface area contributed by atoms with Crippen LogP contribution in [0.5, 0.6) is 0 Å². The molecule has 0 aromatic carbocycles. The molecule has 1 heterocycles. The summed E-state index contributed by atoms with van der Waals surface area (Å²) in [5.41, 5.74) is -0.645. The van der Waals surface area contributed by atoms with Gasteiger partial charge in [-0.2, -0.15) is 0 Å². The highest BCUT2D eigenvalue weighted by atomic mass is 16.5. The molecule has 1 fully saturated rings. The lowest BCUT2D eigenvalue weighted by Crippen LogP contribution is -2.41.